The minimum atomic E-state index is -1.12. The number of furan rings is 1. The zero-order valence-electron chi connectivity index (χ0n) is 9.82. The van der Waals surface area contributed by atoms with Crippen LogP contribution in [0.15, 0.2) is 28.2 Å². The van der Waals surface area contributed by atoms with Crippen molar-refractivity contribution in [2.45, 2.75) is 26.8 Å². The van der Waals surface area contributed by atoms with Crippen LogP contribution in [0.1, 0.15) is 36.6 Å². The van der Waals surface area contributed by atoms with Gasteiger partial charge in [-0.2, -0.15) is 0 Å². The molecule has 0 atom stereocenters. The molecule has 1 aromatic rings. The average molecular weight is 237 g/mol. The average Bonchev–Trinajstić information content (AvgIpc) is 2.75. The summed E-state index contributed by atoms with van der Waals surface area (Å²) in [6, 6.07) is 2.89. The summed E-state index contributed by atoms with van der Waals surface area (Å²) in [6.45, 7) is 3.85. The van der Waals surface area contributed by atoms with E-state index in [1.165, 1.54) is 12.1 Å². The van der Waals surface area contributed by atoms with Crippen molar-refractivity contribution in [1.82, 2.24) is 5.32 Å². The van der Waals surface area contributed by atoms with Gasteiger partial charge >= 0.3 is 5.97 Å². The highest BCUT2D eigenvalue weighted by molar-refractivity contribution is 5.92. The van der Waals surface area contributed by atoms with Crippen LogP contribution in [0.2, 0.25) is 0 Å². The highest BCUT2D eigenvalue weighted by atomic mass is 16.4. The van der Waals surface area contributed by atoms with E-state index in [1.54, 1.807) is 6.92 Å². The Bertz CT molecular complexity index is 445. The van der Waals surface area contributed by atoms with E-state index in [-0.39, 0.29) is 18.2 Å². The summed E-state index contributed by atoms with van der Waals surface area (Å²) in [5.74, 6) is -1.01. The molecular weight excluding hydrogens is 222 g/mol. The Labute approximate surface area is 99.1 Å². The van der Waals surface area contributed by atoms with E-state index in [2.05, 4.69) is 5.32 Å². The first-order valence-electron chi connectivity index (χ1n) is 5.31. The van der Waals surface area contributed by atoms with Gasteiger partial charge in [-0.25, -0.2) is 4.79 Å². The molecule has 1 rings (SSSR count). The van der Waals surface area contributed by atoms with Crippen LogP contribution < -0.4 is 5.32 Å². The molecular formula is C12H15NO4. The van der Waals surface area contributed by atoms with Crippen LogP contribution in [0.5, 0.6) is 0 Å². The number of allylic oxidation sites excluding steroid dienone is 1. The smallest absolute Gasteiger partial charge is 0.371 e. The zero-order valence-corrected chi connectivity index (χ0v) is 9.82. The van der Waals surface area contributed by atoms with Gasteiger partial charge in [-0.1, -0.05) is 13.0 Å². The minimum absolute atomic E-state index is 0.130. The molecule has 0 saturated heterocycles. The van der Waals surface area contributed by atoms with Crippen LogP contribution in [0, 0.1) is 0 Å². The Hall–Kier alpha value is -2.04. The van der Waals surface area contributed by atoms with Crippen LogP contribution in [0.3, 0.4) is 0 Å². The highest BCUT2D eigenvalue weighted by Crippen LogP contribution is 2.07. The molecule has 92 valence electrons. The van der Waals surface area contributed by atoms with Gasteiger partial charge in [0.2, 0.25) is 11.7 Å². The molecule has 0 aliphatic carbocycles. The first-order chi connectivity index (χ1) is 8.04. The maximum Gasteiger partial charge on any atom is 0.371 e. The number of carboxylic acids is 1. The molecule has 0 fully saturated rings. The zero-order chi connectivity index (χ0) is 12.8. The lowest BCUT2D eigenvalue weighted by Crippen LogP contribution is -2.23. The predicted octanol–water partition coefficient (Wildman–Crippen LogP) is 1.95. The van der Waals surface area contributed by atoms with E-state index in [4.69, 9.17) is 9.52 Å². The molecule has 0 radical (unpaired) electrons. The normalized spacial score (nSPS) is 11.3. The van der Waals surface area contributed by atoms with Gasteiger partial charge in [0.15, 0.2) is 0 Å². The molecule has 17 heavy (non-hydrogen) atoms. The number of nitrogens with one attached hydrogen (secondary N) is 1. The Morgan fingerprint density at radius 2 is 2.18 bits per heavy atom. The molecule has 2 N–H and O–H groups in total. The Kier molecular flexibility index (Phi) is 4.51. The third kappa shape index (κ3) is 3.79. The number of hydrogen-bond donors (Lipinski definition) is 2. The first kappa shape index (κ1) is 13.0. The van der Waals surface area contributed by atoms with Gasteiger partial charge in [0.25, 0.3) is 0 Å². The molecule has 5 nitrogen and oxygen atoms in total. The fourth-order valence-corrected chi connectivity index (χ4v) is 1.29. The standard InChI is InChI=1S/C12H15NO4/c1-3-4-8(2)11(14)13-7-9-5-6-10(17-9)12(15)16/h4-6H,3,7H2,1-2H3,(H,13,14)(H,15,16). The molecule has 0 aromatic carbocycles. The summed E-state index contributed by atoms with van der Waals surface area (Å²) < 4.78 is 5.00. The van der Waals surface area contributed by atoms with Crippen molar-refractivity contribution >= 4 is 11.9 Å². The molecule has 1 amide bonds. The summed E-state index contributed by atoms with van der Waals surface area (Å²) in [4.78, 5) is 22.1. The number of carbonyl (C=O) groups is 2. The second-order valence-corrected chi connectivity index (χ2v) is 3.55. The number of rotatable bonds is 5. The van der Waals surface area contributed by atoms with Crippen LogP contribution >= 0.6 is 0 Å². The van der Waals surface area contributed by atoms with Crippen LogP contribution in [-0.4, -0.2) is 17.0 Å². The Morgan fingerprint density at radius 3 is 2.71 bits per heavy atom. The van der Waals surface area contributed by atoms with Crippen molar-refractivity contribution in [3.05, 3.63) is 35.3 Å². The monoisotopic (exact) mass is 237 g/mol. The molecule has 1 aromatic heterocycles. The van der Waals surface area contributed by atoms with Crippen molar-refractivity contribution < 1.29 is 19.1 Å². The largest absolute Gasteiger partial charge is 0.475 e. The van der Waals surface area contributed by atoms with E-state index in [9.17, 15) is 9.59 Å². The van der Waals surface area contributed by atoms with E-state index in [0.29, 0.717) is 11.3 Å². The van der Waals surface area contributed by atoms with Crippen molar-refractivity contribution in [3.63, 3.8) is 0 Å². The van der Waals surface area contributed by atoms with Gasteiger partial charge in [-0.3, -0.25) is 4.79 Å². The summed E-state index contributed by atoms with van der Waals surface area (Å²) >= 11 is 0. The maximum atomic E-state index is 11.5. The fourth-order valence-electron chi connectivity index (χ4n) is 1.29. The van der Waals surface area contributed by atoms with Crippen LogP contribution in [0.4, 0.5) is 0 Å². The number of aromatic carboxylic acids is 1. The van der Waals surface area contributed by atoms with Gasteiger partial charge in [-0.05, 0) is 25.5 Å². The quantitative estimate of drug-likeness (QED) is 0.767. The second kappa shape index (κ2) is 5.89. The van der Waals surface area contributed by atoms with Gasteiger partial charge in [-0.15, -0.1) is 0 Å². The van der Waals surface area contributed by atoms with E-state index >= 15 is 0 Å². The number of hydrogen-bond acceptors (Lipinski definition) is 3. The lowest BCUT2D eigenvalue weighted by molar-refractivity contribution is -0.117. The van der Waals surface area contributed by atoms with Crippen molar-refractivity contribution in [2.24, 2.45) is 0 Å². The summed E-state index contributed by atoms with van der Waals surface area (Å²) in [5.41, 5.74) is 0.637. The van der Waals surface area contributed by atoms with Gasteiger partial charge in [0.05, 0.1) is 6.54 Å². The van der Waals surface area contributed by atoms with E-state index in [1.807, 2.05) is 13.0 Å². The Balaban J connectivity index is 2.53. The summed E-state index contributed by atoms with van der Waals surface area (Å²) in [5, 5.41) is 11.3. The number of amides is 1. The molecule has 0 spiro atoms. The van der Waals surface area contributed by atoms with Crippen molar-refractivity contribution in [3.8, 4) is 0 Å². The third-order valence-corrected chi connectivity index (χ3v) is 2.16. The number of carboxylic acid groups (broad SMARTS) is 1. The van der Waals surface area contributed by atoms with Crippen LogP contribution in [0.25, 0.3) is 0 Å². The molecule has 0 aliphatic rings. The SMILES string of the molecule is CCC=C(C)C(=O)NCc1ccc(C(=O)O)o1. The van der Waals surface area contributed by atoms with Gasteiger partial charge in [0, 0.05) is 5.57 Å². The molecule has 0 unspecified atom stereocenters. The van der Waals surface area contributed by atoms with Crippen LogP contribution in [-0.2, 0) is 11.3 Å². The first-order valence-corrected chi connectivity index (χ1v) is 5.31. The predicted molar refractivity (Wildman–Crippen MR) is 61.6 cm³/mol. The summed E-state index contributed by atoms with van der Waals surface area (Å²) in [7, 11) is 0. The maximum absolute atomic E-state index is 11.5. The molecule has 1 heterocycles. The lowest BCUT2D eigenvalue weighted by atomic mass is 10.2. The van der Waals surface area contributed by atoms with E-state index < -0.39 is 5.97 Å². The fraction of sp³-hybridized carbons (Fsp3) is 0.333. The topological polar surface area (TPSA) is 79.5 Å². The van der Waals surface area contributed by atoms with Crippen molar-refractivity contribution in [2.75, 3.05) is 0 Å². The molecule has 0 saturated carbocycles. The van der Waals surface area contributed by atoms with Crippen molar-refractivity contribution in [1.29, 1.82) is 0 Å². The lowest BCUT2D eigenvalue weighted by Gasteiger charge is -2.02. The second-order valence-electron chi connectivity index (χ2n) is 3.55. The minimum Gasteiger partial charge on any atom is -0.475 e. The molecule has 5 heteroatoms. The third-order valence-electron chi connectivity index (χ3n) is 2.16. The van der Waals surface area contributed by atoms with Gasteiger partial charge in [0.1, 0.15) is 5.76 Å². The molecule has 0 bridgehead atoms. The highest BCUT2D eigenvalue weighted by Gasteiger charge is 2.10. The number of carbonyl (C=O) groups excluding carboxylic acids is 1. The van der Waals surface area contributed by atoms with E-state index in [0.717, 1.165) is 6.42 Å². The summed E-state index contributed by atoms with van der Waals surface area (Å²) in [6.07, 6.45) is 2.61. The molecule has 0 aliphatic heterocycles. The Morgan fingerprint density at radius 1 is 1.47 bits per heavy atom. The van der Waals surface area contributed by atoms with Gasteiger partial charge < -0.3 is 14.8 Å².